The van der Waals surface area contributed by atoms with E-state index in [1.54, 1.807) is 0 Å². The zero-order chi connectivity index (χ0) is 48.9. The molecule has 0 aliphatic rings. The first-order chi connectivity index (χ1) is 32.7. The Kier molecular flexibility index (Phi) is 52.5. The molecule has 0 fully saturated rings. The Hall–Kier alpha value is -1.59. The second-order valence-corrected chi connectivity index (χ2v) is 21.9. The Morgan fingerprint density at radius 1 is 0.284 bits per heavy atom. The summed E-state index contributed by atoms with van der Waals surface area (Å²) in [5, 5.41) is 0. The predicted octanol–water partition coefficient (Wildman–Crippen LogP) is 20.0. The van der Waals surface area contributed by atoms with Gasteiger partial charge in [0.25, 0.3) is 0 Å². The summed E-state index contributed by atoms with van der Waals surface area (Å²) in [5.41, 5.74) is 0. The van der Waals surface area contributed by atoms with Crippen LogP contribution in [0, 0.1) is 11.8 Å². The lowest BCUT2D eigenvalue weighted by atomic mass is 10.0. The Morgan fingerprint density at radius 2 is 0.493 bits per heavy atom. The van der Waals surface area contributed by atoms with Crippen molar-refractivity contribution in [3.05, 3.63) is 0 Å². The molecular formula is C61H118O6. The van der Waals surface area contributed by atoms with Gasteiger partial charge in [0.05, 0.1) is 0 Å². The van der Waals surface area contributed by atoms with Crippen LogP contribution in [0.5, 0.6) is 0 Å². The van der Waals surface area contributed by atoms with Crippen LogP contribution in [0.2, 0.25) is 0 Å². The minimum absolute atomic E-state index is 0.0624. The molecule has 67 heavy (non-hydrogen) atoms. The molecule has 6 heteroatoms. The quantitative estimate of drug-likeness (QED) is 0.0343. The van der Waals surface area contributed by atoms with Gasteiger partial charge in [-0.15, -0.1) is 0 Å². The highest BCUT2D eigenvalue weighted by Gasteiger charge is 2.19. The number of esters is 3. The minimum atomic E-state index is -0.763. The van der Waals surface area contributed by atoms with Crippen LogP contribution in [0.4, 0.5) is 0 Å². The lowest BCUT2D eigenvalue weighted by Crippen LogP contribution is -2.30. The van der Waals surface area contributed by atoms with Crippen LogP contribution in [-0.4, -0.2) is 37.2 Å². The Morgan fingerprint density at radius 3 is 0.731 bits per heavy atom. The smallest absolute Gasteiger partial charge is 0.306 e. The van der Waals surface area contributed by atoms with Crippen LogP contribution in [-0.2, 0) is 28.6 Å². The van der Waals surface area contributed by atoms with Gasteiger partial charge in [0.15, 0.2) is 6.10 Å². The first-order valence-corrected chi connectivity index (χ1v) is 30.2. The number of carbonyl (C=O) groups is 3. The predicted molar refractivity (Wildman–Crippen MR) is 289 cm³/mol. The number of hydrogen-bond donors (Lipinski definition) is 0. The van der Waals surface area contributed by atoms with Crippen molar-refractivity contribution >= 4 is 17.9 Å². The van der Waals surface area contributed by atoms with Crippen LogP contribution in [0.3, 0.4) is 0 Å². The minimum Gasteiger partial charge on any atom is -0.462 e. The third kappa shape index (κ3) is 55.2. The van der Waals surface area contributed by atoms with Gasteiger partial charge in [0.1, 0.15) is 13.2 Å². The van der Waals surface area contributed by atoms with Gasteiger partial charge in [-0.05, 0) is 31.1 Å². The molecule has 0 amide bonds. The fourth-order valence-corrected chi connectivity index (χ4v) is 9.40. The second-order valence-electron chi connectivity index (χ2n) is 21.9. The fraction of sp³-hybridized carbons (Fsp3) is 0.951. The number of unbranched alkanes of at least 4 members (excludes halogenated alkanes) is 40. The summed E-state index contributed by atoms with van der Waals surface area (Å²) in [6.45, 7) is 11.4. The lowest BCUT2D eigenvalue weighted by molar-refractivity contribution is -0.167. The average Bonchev–Trinajstić information content (AvgIpc) is 3.30. The molecule has 0 spiro atoms. The highest BCUT2D eigenvalue weighted by molar-refractivity contribution is 5.71. The van der Waals surface area contributed by atoms with E-state index in [0.717, 1.165) is 69.6 Å². The van der Waals surface area contributed by atoms with Crippen molar-refractivity contribution in [2.45, 2.75) is 349 Å². The van der Waals surface area contributed by atoms with E-state index < -0.39 is 6.10 Å². The third-order valence-electron chi connectivity index (χ3n) is 14.0. The molecule has 1 atom stereocenters. The molecule has 0 aromatic rings. The molecule has 398 valence electrons. The summed E-state index contributed by atoms with van der Waals surface area (Å²) in [6, 6.07) is 0. The van der Waals surface area contributed by atoms with Crippen LogP contribution < -0.4 is 0 Å². The van der Waals surface area contributed by atoms with Gasteiger partial charge in [0, 0.05) is 19.3 Å². The molecule has 0 heterocycles. The zero-order valence-electron chi connectivity index (χ0n) is 46.0. The van der Waals surface area contributed by atoms with Crippen LogP contribution in [0.25, 0.3) is 0 Å². The van der Waals surface area contributed by atoms with Gasteiger partial charge < -0.3 is 14.2 Å². The topological polar surface area (TPSA) is 78.9 Å². The summed E-state index contributed by atoms with van der Waals surface area (Å²) < 4.78 is 16.9. The number of ether oxygens (including phenoxy) is 3. The largest absolute Gasteiger partial charge is 0.462 e. The van der Waals surface area contributed by atoms with Gasteiger partial charge in [0.2, 0.25) is 0 Å². The first-order valence-electron chi connectivity index (χ1n) is 30.2. The molecule has 0 unspecified atom stereocenters. The molecule has 0 saturated carbocycles. The highest BCUT2D eigenvalue weighted by Crippen LogP contribution is 2.18. The monoisotopic (exact) mass is 947 g/mol. The van der Waals surface area contributed by atoms with Crippen molar-refractivity contribution in [1.29, 1.82) is 0 Å². The zero-order valence-corrected chi connectivity index (χ0v) is 46.0. The van der Waals surface area contributed by atoms with Gasteiger partial charge in [-0.3, -0.25) is 14.4 Å². The summed E-state index contributed by atoms with van der Waals surface area (Å²) in [5.74, 6) is 0.830. The van der Waals surface area contributed by atoms with E-state index in [9.17, 15) is 14.4 Å². The van der Waals surface area contributed by atoms with Crippen LogP contribution in [0.1, 0.15) is 343 Å². The van der Waals surface area contributed by atoms with E-state index in [0.29, 0.717) is 19.3 Å². The summed E-state index contributed by atoms with van der Waals surface area (Å²) >= 11 is 0. The molecular weight excluding hydrogens is 829 g/mol. The first kappa shape index (κ1) is 65.4. The molecule has 0 saturated heterocycles. The summed E-state index contributed by atoms with van der Waals surface area (Å²) in [4.78, 5) is 38.2. The Balaban J connectivity index is 4.28. The Bertz CT molecular complexity index is 1020. The number of hydrogen-bond acceptors (Lipinski definition) is 6. The van der Waals surface area contributed by atoms with E-state index in [4.69, 9.17) is 14.2 Å². The van der Waals surface area contributed by atoms with Gasteiger partial charge >= 0.3 is 17.9 Å². The molecule has 0 aliphatic carbocycles. The van der Waals surface area contributed by atoms with Crippen LogP contribution in [0.15, 0.2) is 0 Å². The second kappa shape index (κ2) is 53.8. The molecule has 0 aromatic heterocycles. The van der Waals surface area contributed by atoms with Crippen molar-refractivity contribution in [3.63, 3.8) is 0 Å². The normalized spacial score (nSPS) is 12.0. The number of rotatable bonds is 55. The van der Waals surface area contributed by atoms with Gasteiger partial charge in [-0.25, -0.2) is 0 Å². The molecule has 6 nitrogen and oxygen atoms in total. The summed E-state index contributed by atoms with van der Waals surface area (Å²) in [6.07, 6.45) is 58.1. The standard InChI is InChI=1S/C61H118O6/c1-6-7-8-9-10-11-12-13-14-15-16-19-22-25-31-36-41-46-51-59(62)65-54-58(55-66-60(63)52-47-42-37-32-28-27-30-35-40-45-50-57(4)5)67-61(64)53-48-43-38-33-26-23-20-17-18-21-24-29-34-39-44-49-56(2)3/h56-58H,6-55H2,1-5H3/t58-/m1/s1. The number of carbonyl (C=O) groups excluding carboxylic acids is 3. The highest BCUT2D eigenvalue weighted by atomic mass is 16.6. The van der Waals surface area contributed by atoms with Gasteiger partial charge in [-0.1, -0.05) is 304 Å². The van der Waals surface area contributed by atoms with E-state index in [1.165, 1.54) is 231 Å². The van der Waals surface area contributed by atoms with E-state index in [1.807, 2.05) is 0 Å². The molecule has 0 radical (unpaired) electrons. The van der Waals surface area contributed by atoms with Crippen molar-refractivity contribution in [1.82, 2.24) is 0 Å². The maximum Gasteiger partial charge on any atom is 0.306 e. The molecule has 0 aromatic carbocycles. The van der Waals surface area contributed by atoms with Gasteiger partial charge in [-0.2, -0.15) is 0 Å². The van der Waals surface area contributed by atoms with Crippen LogP contribution >= 0.6 is 0 Å². The van der Waals surface area contributed by atoms with Crippen molar-refractivity contribution in [3.8, 4) is 0 Å². The third-order valence-corrected chi connectivity index (χ3v) is 14.0. The van der Waals surface area contributed by atoms with E-state index in [-0.39, 0.29) is 31.1 Å². The van der Waals surface area contributed by atoms with E-state index in [2.05, 4.69) is 34.6 Å². The van der Waals surface area contributed by atoms with Crippen molar-refractivity contribution in [2.24, 2.45) is 11.8 Å². The molecule has 0 N–H and O–H groups in total. The molecule has 0 bridgehead atoms. The fourth-order valence-electron chi connectivity index (χ4n) is 9.40. The average molecular weight is 948 g/mol. The lowest BCUT2D eigenvalue weighted by Gasteiger charge is -2.18. The Labute approximate surface area is 418 Å². The molecule has 0 rings (SSSR count). The van der Waals surface area contributed by atoms with Crippen molar-refractivity contribution < 1.29 is 28.6 Å². The SMILES string of the molecule is CCCCCCCCCCCCCCCCCCCCC(=O)OC[C@H](COC(=O)CCCCCCCCCCCCC(C)C)OC(=O)CCCCCCCCCCCCCCCCCC(C)C. The summed E-state index contributed by atoms with van der Waals surface area (Å²) in [7, 11) is 0. The maximum atomic E-state index is 12.9. The maximum absolute atomic E-state index is 12.9. The van der Waals surface area contributed by atoms with E-state index >= 15 is 0 Å². The van der Waals surface area contributed by atoms with Crippen molar-refractivity contribution in [2.75, 3.05) is 13.2 Å². The molecule has 0 aliphatic heterocycles.